The van der Waals surface area contributed by atoms with Gasteiger partial charge in [0, 0.05) is 24.1 Å². The van der Waals surface area contributed by atoms with Crippen molar-refractivity contribution in [3.8, 4) is 0 Å². The number of benzene rings is 1. The second-order valence-electron chi connectivity index (χ2n) is 4.27. The minimum Gasteiger partial charge on any atom is -0.371 e. The lowest BCUT2D eigenvalue weighted by Crippen LogP contribution is -2.19. The van der Waals surface area contributed by atoms with Gasteiger partial charge in [-0.3, -0.25) is 0 Å². The van der Waals surface area contributed by atoms with Gasteiger partial charge in [-0.25, -0.2) is 0 Å². The van der Waals surface area contributed by atoms with Crippen LogP contribution in [0.25, 0.3) is 0 Å². The molecule has 0 radical (unpaired) electrons. The van der Waals surface area contributed by atoms with E-state index in [0.717, 1.165) is 11.9 Å². The van der Waals surface area contributed by atoms with Crippen LogP contribution in [-0.2, 0) is 6.42 Å². The van der Waals surface area contributed by atoms with Crippen molar-refractivity contribution in [3.05, 3.63) is 29.3 Å². The van der Waals surface area contributed by atoms with Crippen molar-refractivity contribution < 1.29 is 0 Å². The summed E-state index contributed by atoms with van der Waals surface area (Å²) in [6, 6.07) is 6.95. The molecule has 0 fully saturated rings. The molecule has 0 aromatic heterocycles. The Morgan fingerprint density at radius 3 is 2.93 bits per heavy atom. The van der Waals surface area contributed by atoms with Crippen LogP contribution in [0.15, 0.2) is 18.2 Å². The Balaban J connectivity index is 2.29. The topological polar surface area (TPSA) is 3.24 Å². The van der Waals surface area contributed by atoms with Crippen LogP contribution in [0.4, 0.5) is 5.69 Å². The molecule has 1 aliphatic heterocycles. The van der Waals surface area contributed by atoms with Gasteiger partial charge in [-0.05, 0) is 36.5 Å². The van der Waals surface area contributed by atoms with Crippen LogP contribution < -0.4 is 4.90 Å². The fraction of sp³-hybridized carbons (Fsp3) is 0.538. The van der Waals surface area contributed by atoms with Gasteiger partial charge in [-0.2, -0.15) is 0 Å². The van der Waals surface area contributed by atoms with Gasteiger partial charge >= 0.3 is 0 Å². The maximum atomic E-state index is 3.55. The Kier molecular flexibility index (Phi) is 3.35. The number of likely N-dealkylation sites (N-methyl/N-ethyl adjacent to an activating group) is 1. The molecular weight excluding hydrogens is 250 g/mol. The van der Waals surface area contributed by atoms with Crippen molar-refractivity contribution in [1.82, 2.24) is 0 Å². The molecule has 1 heterocycles. The van der Waals surface area contributed by atoms with Gasteiger partial charge < -0.3 is 4.90 Å². The Morgan fingerprint density at radius 2 is 2.27 bits per heavy atom. The lowest BCUT2D eigenvalue weighted by atomic mass is 10.00. The van der Waals surface area contributed by atoms with Crippen LogP contribution in [-0.4, -0.2) is 18.4 Å². The van der Waals surface area contributed by atoms with Gasteiger partial charge in [-0.15, -0.1) is 0 Å². The number of fused-ring (bicyclic) bond motifs is 1. The largest absolute Gasteiger partial charge is 0.371 e. The molecule has 0 bridgehead atoms. The average Bonchev–Trinajstić information content (AvgIpc) is 2.69. The molecule has 0 N–H and O–H groups in total. The molecule has 0 amide bonds. The summed E-state index contributed by atoms with van der Waals surface area (Å²) in [5.74, 6) is 0.617. The summed E-state index contributed by atoms with van der Waals surface area (Å²) in [5, 5.41) is 1.04. The van der Waals surface area contributed by atoms with Crippen molar-refractivity contribution in [2.24, 2.45) is 0 Å². The van der Waals surface area contributed by atoms with Crippen molar-refractivity contribution in [1.29, 1.82) is 0 Å². The van der Waals surface area contributed by atoms with Gasteiger partial charge in [0.25, 0.3) is 0 Å². The monoisotopic (exact) mass is 267 g/mol. The summed E-state index contributed by atoms with van der Waals surface area (Å²) in [6.07, 6.45) is 1.21. The molecule has 1 atom stereocenters. The summed E-state index contributed by atoms with van der Waals surface area (Å²) < 4.78 is 0. The third kappa shape index (κ3) is 2.05. The molecule has 0 saturated heterocycles. The smallest absolute Gasteiger partial charge is 0.0399 e. The molecule has 2 rings (SSSR count). The van der Waals surface area contributed by atoms with E-state index in [2.05, 4.69) is 52.9 Å². The molecule has 0 spiro atoms. The first-order chi connectivity index (χ1) is 7.26. The maximum absolute atomic E-state index is 3.55. The molecular formula is C13H18BrN. The van der Waals surface area contributed by atoms with E-state index in [1.54, 1.807) is 0 Å². The zero-order valence-corrected chi connectivity index (χ0v) is 11.0. The Labute approximate surface area is 101 Å². The molecule has 15 heavy (non-hydrogen) atoms. The fourth-order valence-corrected chi connectivity index (χ4v) is 2.59. The number of nitrogens with zero attached hydrogens (tertiary/aromatic N) is 1. The van der Waals surface area contributed by atoms with Crippen molar-refractivity contribution in [2.75, 3.05) is 23.3 Å². The average molecular weight is 268 g/mol. The molecule has 0 saturated carbocycles. The van der Waals surface area contributed by atoms with Gasteiger partial charge in [0.15, 0.2) is 0 Å². The van der Waals surface area contributed by atoms with E-state index >= 15 is 0 Å². The SMILES string of the molecule is CCN1CCc2cc(C(C)CBr)ccc21. The van der Waals surface area contributed by atoms with E-state index in [-0.39, 0.29) is 0 Å². The molecule has 0 aliphatic carbocycles. The number of anilines is 1. The number of halogens is 1. The van der Waals surface area contributed by atoms with E-state index in [0.29, 0.717) is 5.92 Å². The highest BCUT2D eigenvalue weighted by Gasteiger charge is 2.18. The summed E-state index contributed by atoms with van der Waals surface area (Å²) in [5.41, 5.74) is 4.44. The summed E-state index contributed by atoms with van der Waals surface area (Å²) in [7, 11) is 0. The highest BCUT2D eigenvalue weighted by Crippen LogP contribution is 2.30. The van der Waals surface area contributed by atoms with E-state index in [9.17, 15) is 0 Å². The fourth-order valence-electron chi connectivity index (χ4n) is 2.21. The summed E-state index contributed by atoms with van der Waals surface area (Å²) in [4.78, 5) is 2.46. The number of rotatable bonds is 3. The molecule has 82 valence electrons. The van der Waals surface area contributed by atoms with Gasteiger partial charge in [0.1, 0.15) is 0 Å². The Bertz CT molecular complexity index is 348. The normalized spacial score (nSPS) is 16.6. The van der Waals surface area contributed by atoms with E-state index in [1.165, 1.54) is 29.8 Å². The van der Waals surface area contributed by atoms with Crippen molar-refractivity contribution in [2.45, 2.75) is 26.2 Å². The van der Waals surface area contributed by atoms with E-state index in [1.807, 2.05) is 0 Å². The highest BCUT2D eigenvalue weighted by atomic mass is 79.9. The minimum absolute atomic E-state index is 0.617. The molecule has 1 nitrogen and oxygen atoms in total. The van der Waals surface area contributed by atoms with Crippen LogP contribution >= 0.6 is 15.9 Å². The number of alkyl halides is 1. The number of hydrogen-bond acceptors (Lipinski definition) is 1. The lowest BCUT2D eigenvalue weighted by molar-refractivity contribution is 0.868. The third-order valence-electron chi connectivity index (χ3n) is 3.28. The zero-order valence-electron chi connectivity index (χ0n) is 9.46. The second kappa shape index (κ2) is 4.56. The molecule has 1 aliphatic rings. The first kappa shape index (κ1) is 11.0. The predicted octanol–water partition coefficient (Wildman–Crippen LogP) is 3.57. The number of hydrogen-bond donors (Lipinski definition) is 0. The van der Waals surface area contributed by atoms with E-state index < -0.39 is 0 Å². The lowest BCUT2D eigenvalue weighted by Gasteiger charge is -2.17. The third-order valence-corrected chi connectivity index (χ3v) is 4.25. The van der Waals surface area contributed by atoms with E-state index in [4.69, 9.17) is 0 Å². The van der Waals surface area contributed by atoms with Crippen LogP contribution in [0, 0.1) is 0 Å². The van der Waals surface area contributed by atoms with Crippen LogP contribution in [0.2, 0.25) is 0 Å². The molecule has 1 unspecified atom stereocenters. The van der Waals surface area contributed by atoms with Gasteiger partial charge in [0.2, 0.25) is 0 Å². The first-order valence-corrected chi connectivity index (χ1v) is 6.82. The van der Waals surface area contributed by atoms with Gasteiger partial charge in [0.05, 0.1) is 0 Å². The molecule has 1 aromatic carbocycles. The summed E-state index contributed by atoms with van der Waals surface area (Å²) >= 11 is 3.55. The predicted molar refractivity (Wildman–Crippen MR) is 70.2 cm³/mol. The second-order valence-corrected chi connectivity index (χ2v) is 4.92. The quantitative estimate of drug-likeness (QED) is 0.757. The summed E-state index contributed by atoms with van der Waals surface area (Å²) in [6.45, 7) is 6.81. The first-order valence-electron chi connectivity index (χ1n) is 5.70. The van der Waals surface area contributed by atoms with Crippen LogP contribution in [0.1, 0.15) is 30.9 Å². The zero-order chi connectivity index (χ0) is 10.8. The highest BCUT2D eigenvalue weighted by molar-refractivity contribution is 9.09. The maximum Gasteiger partial charge on any atom is 0.0399 e. The molecule has 2 heteroatoms. The minimum atomic E-state index is 0.617. The van der Waals surface area contributed by atoms with Crippen molar-refractivity contribution >= 4 is 21.6 Å². The standard InChI is InChI=1S/C13H18BrN/c1-3-15-7-6-12-8-11(10(2)9-14)4-5-13(12)15/h4-5,8,10H,3,6-7,9H2,1-2H3. The Morgan fingerprint density at radius 1 is 1.47 bits per heavy atom. The van der Waals surface area contributed by atoms with Gasteiger partial charge in [-0.1, -0.05) is 35.0 Å². The van der Waals surface area contributed by atoms with Crippen LogP contribution in [0.5, 0.6) is 0 Å². The van der Waals surface area contributed by atoms with Crippen LogP contribution in [0.3, 0.4) is 0 Å². The Hall–Kier alpha value is -0.500. The van der Waals surface area contributed by atoms with Crippen molar-refractivity contribution in [3.63, 3.8) is 0 Å². The molecule has 1 aromatic rings.